The van der Waals surface area contributed by atoms with Gasteiger partial charge in [-0.15, -0.1) is 11.8 Å². The Morgan fingerprint density at radius 1 is 1.22 bits per heavy atom. The molecule has 1 aromatic carbocycles. The lowest BCUT2D eigenvalue weighted by atomic mass is 9.69. The average Bonchev–Trinajstić information content (AvgIpc) is 2.86. The largest absolute Gasteiger partial charge is 0.481 e. The lowest BCUT2D eigenvalue weighted by molar-refractivity contribution is -0.145. The molecule has 96 valence electrons. The molecule has 0 saturated heterocycles. The molecule has 2 nitrogen and oxygen atoms in total. The van der Waals surface area contributed by atoms with Crippen LogP contribution in [0.15, 0.2) is 23.1 Å². The van der Waals surface area contributed by atoms with Gasteiger partial charge in [-0.1, -0.05) is 31.4 Å². The molecule has 1 aliphatic carbocycles. The quantitative estimate of drug-likeness (QED) is 0.884. The van der Waals surface area contributed by atoms with Crippen LogP contribution in [-0.4, -0.2) is 16.8 Å². The third-order valence-corrected chi connectivity index (χ3v) is 5.48. The number of aliphatic carboxylic acids is 1. The van der Waals surface area contributed by atoms with Crippen molar-refractivity contribution in [2.75, 3.05) is 5.75 Å². The van der Waals surface area contributed by atoms with Gasteiger partial charge in [-0.25, -0.2) is 0 Å². The maximum absolute atomic E-state index is 11.8. The number of benzene rings is 1. The van der Waals surface area contributed by atoms with E-state index in [1.807, 2.05) is 11.8 Å². The van der Waals surface area contributed by atoms with Crippen molar-refractivity contribution in [1.29, 1.82) is 0 Å². The van der Waals surface area contributed by atoms with Gasteiger partial charge in [0.1, 0.15) is 0 Å². The standard InChI is InChI=1S/C15H18O2S/c16-14(17)15(7-2-1-3-8-15)12-4-5-13-11(10-12)6-9-18-13/h4-5,10H,1-3,6-9H2,(H,16,17). The van der Waals surface area contributed by atoms with Crippen LogP contribution in [-0.2, 0) is 16.6 Å². The van der Waals surface area contributed by atoms with Gasteiger partial charge < -0.3 is 5.11 Å². The molecular formula is C15H18O2S. The zero-order chi connectivity index (χ0) is 12.6. The summed E-state index contributed by atoms with van der Waals surface area (Å²) in [4.78, 5) is 13.1. The molecule has 0 bridgehead atoms. The first-order valence-electron chi connectivity index (χ1n) is 6.72. The second-order valence-electron chi connectivity index (χ2n) is 5.37. The summed E-state index contributed by atoms with van der Waals surface area (Å²) in [5, 5.41) is 9.69. The number of rotatable bonds is 2. The molecule has 0 atom stereocenters. The Balaban J connectivity index is 2.02. The Hall–Kier alpha value is -0.960. The summed E-state index contributed by atoms with van der Waals surface area (Å²) in [7, 11) is 0. The van der Waals surface area contributed by atoms with E-state index in [-0.39, 0.29) is 0 Å². The summed E-state index contributed by atoms with van der Waals surface area (Å²) in [5.41, 5.74) is 1.78. The Morgan fingerprint density at radius 2 is 2.00 bits per heavy atom. The fourth-order valence-electron chi connectivity index (χ4n) is 3.27. The molecule has 2 aliphatic rings. The van der Waals surface area contributed by atoms with Gasteiger partial charge in [0.05, 0.1) is 5.41 Å². The highest BCUT2D eigenvalue weighted by Crippen LogP contribution is 2.42. The highest BCUT2D eigenvalue weighted by atomic mass is 32.2. The molecule has 1 N–H and O–H groups in total. The Bertz CT molecular complexity index is 475. The first-order chi connectivity index (χ1) is 8.72. The molecular weight excluding hydrogens is 244 g/mol. The number of hydrogen-bond acceptors (Lipinski definition) is 2. The number of thioether (sulfide) groups is 1. The predicted octanol–water partition coefficient (Wildman–Crippen LogP) is 3.62. The van der Waals surface area contributed by atoms with Crippen molar-refractivity contribution in [2.24, 2.45) is 0 Å². The fraction of sp³-hybridized carbons (Fsp3) is 0.533. The summed E-state index contributed by atoms with van der Waals surface area (Å²) in [5.74, 6) is 0.506. The molecule has 1 aromatic rings. The summed E-state index contributed by atoms with van der Waals surface area (Å²) in [6.45, 7) is 0. The molecule has 1 heterocycles. The zero-order valence-electron chi connectivity index (χ0n) is 10.4. The van der Waals surface area contributed by atoms with E-state index in [4.69, 9.17) is 0 Å². The SMILES string of the molecule is O=C(O)C1(c2ccc3c(c2)CCS3)CCCCC1. The number of carboxylic acids is 1. The molecule has 3 rings (SSSR count). The van der Waals surface area contributed by atoms with E-state index in [1.165, 1.54) is 16.9 Å². The monoisotopic (exact) mass is 262 g/mol. The van der Waals surface area contributed by atoms with E-state index >= 15 is 0 Å². The van der Waals surface area contributed by atoms with Gasteiger partial charge in [0.15, 0.2) is 0 Å². The van der Waals surface area contributed by atoms with Crippen LogP contribution in [0, 0.1) is 0 Å². The minimum absolute atomic E-state index is 0.611. The van der Waals surface area contributed by atoms with Gasteiger partial charge in [0, 0.05) is 10.6 Å². The minimum atomic E-state index is -0.632. The number of fused-ring (bicyclic) bond motifs is 1. The van der Waals surface area contributed by atoms with Crippen molar-refractivity contribution in [3.8, 4) is 0 Å². The van der Waals surface area contributed by atoms with Gasteiger partial charge in [0.2, 0.25) is 0 Å². The maximum atomic E-state index is 11.8. The van der Waals surface area contributed by atoms with Crippen molar-refractivity contribution >= 4 is 17.7 Å². The third kappa shape index (κ3) is 1.85. The normalized spacial score (nSPS) is 21.6. The van der Waals surface area contributed by atoms with Crippen LogP contribution in [0.3, 0.4) is 0 Å². The topological polar surface area (TPSA) is 37.3 Å². The van der Waals surface area contributed by atoms with Gasteiger partial charge in [0.25, 0.3) is 0 Å². The van der Waals surface area contributed by atoms with Crippen LogP contribution in [0.25, 0.3) is 0 Å². The minimum Gasteiger partial charge on any atom is -0.481 e. The Kier molecular flexibility index (Phi) is 3.10. The van der Waals surface area contributed by atoms with E-state index in [0.717, 1.165) is 43.4 Å². The molecule has 1 aliphatic heterocycles. The molecule has 0 aromatic heterocycles. The highest BCUT2D eigenvalue weighted by molar-refractivity contribution is 7.99. The van der Waals surface area contributed by atoms with Crippen molar-refractivity contribution in [1.82, 2.24) is 0 Å². The van der Waals surface area contributed by atoms with Gasteiger partial charge in [-0.3, -0.25) is 4.79 Å². The highest BCUT2D eigenvalue weighted by Gasteiger charge is 2.41. The molecule has 3 heteroatoms. The van der Waals surface area contributed by atoms with Crippen molar-refractivity contribution in [3.05, 3.63) is 29.3 Å². The molecule has 0 radical (unpaired) electrons. The summed E-state index contributed by atoms with van der Waals surface area (Å²) < 4.78 is 0. The van der Waals surface area contributed by atoms with Gasteiger partial charge in [-0.2, -0.15) is 0 Å². The molecule has 1 fully saturated rings. The zero-order valence-corrected chi connectivity index (χ0v) is 11.3. The molecule has 0 amide bonds. The predicted molar refractivity (Wildman–Crippen MR) is 73.3 cm³/mol. The van der Waals surface area contributed by atoms with E-state index in [0.29, 0.717) is 0 Å². The second-order valence-corrected chi connectivity index (χ2v) is 6.51. The van der Waals surface area contributed by atoms with Crippen molar-refractivity contribution in [3.63, 3.8) is 0 Å². The smallest absolute Gasteiger partial charge is 0.314 e. The molecule has 1 saturated carbocycles. The first-order valence-corrected chi connectivity index (χ1v) is 7.70. The van der Waals surface area contributed by atoms with E-state index in [1.54, 1.807) is 0 Å². The number of aryl methyl sites for hydroxylation is 1. The van der Waals surface area contributed by atoms with Crippen LogP contribution in [0.5, 0.6) is 0 Å². The van der Waals surface area contributed by atoms with Gasteiger partial charge in [-0.05, 0) is 36.5 Å². The number of hydrogen-bond donors (Lipinski definition) is 1. The number of carbonyl (C=O) groups is 1. The van der Waals surface area contributed by atoms with Crippen molar-refractivity contribution in [2.45, 2.75) is 48.8 Å². The maximum Gasteiger partial charge on any atom is 0.314 e. The molecule has 0 spiro atoms. The van der Waals surface area contributed by atoms with E-state index in [2.05, 4.69) is 18.2 Å². The summed E-state index contributed by atoms with van der Waals surface area (Å²) in [6.07, 6.45) is 5.94. The van der Waals surface area contributed by atoms with Crippen LogP contribution < -0.4 is 0 Å². The first kappa shape index (κ1) is 12.1. The van der Waals surface area contributed by atoms with E-state index in [9.17, 15) is 9.90 Å². The van der Waals surface area contributed by atoms with Crippen LogP contribution in [0.1, 0.15) is 43.2 Å². The summed E-state index contributed by atoms with van der Waals surface area (Å²) >= 11 is 1.88. The Morgan fingerprint density at radius 3 is 2.72 bits per heavy atom. The second kappa shape index (κ2) is 4.61. The van der Waals surface area contributed by atoms with Crippen LogP contribution >= 0.6 is 11.8 Å². The van der Waals surface area contributed by atoms with E-state index < -0.39 is 11.4 Å². The lowest BCUT2D eigenvalue weighted by Gasteiger charge is -2.34. The van der Waals surface area contributed by atoms with Crippen LogP contribution in [0.4, 0.5) is 0 Å². The molecule has 0 unspecified atom stereocenters. The van der Waals surface area contributed by atoms with Crippen LogP contribution in [0.2, 0.25) is 0 Å². The molecule has 18 heavy (non-hydrogen) atoms. The fourth-order valence-corrected chi connectivity index (χ4v) is 4.32. The van der Waals surface area contributed by atoms with Gasteiger partial charge >= 0.3 is 5.97 Å². The lowest BCUT2D eigenvalue weighted by Crippen LogP contribution is -2.37. The number of carboxylic acid groups (broad SMARTS) is 1. The summed E-state index contributed by atoms with van der Waals surface area (Å²) in [6, 6.07) is 6.34. The van der Waals surface area contributed by atoms with Crippen molar-refractivity contribution < 1.29 is 9.90 Å². The average molecular weight is 262 g/mol. The Labute approximate surface area is 112 Å². The third-order valence-electron chi connectivity index (χ3n) is 4.36.